The summed E-state index contributed by atoms with van der Waals surface area (Å²) in [6.45, 7) is 2.15. The molecule has 1 rings (SSSR count). The predicted octanol–water partition coefficient (Wildman–Crippen LogP) is 4.52. The fourth-order valence-electron chi connectivity index (χ4n) is 1.75. The lowest BCUT2D eigenvalue weighted by atomic mass is 10.1. The van der Waals surface area contributed by atoms with Crippen LogP contribution >= 0.6 is 0 Å². The van der Waals surface area contributed by atoms with Crippen molar-refractivity contribution in [3.8, 4) is 0 Å². The molecule has 0 N–H and O–H groups in total. The van der Waals surface area contributed by atoms with Gasteiger partial charge >= 0.3 is 0 Å². The SMILES string of the molecule is CC/C=C\C/C=C\CCC/C=C1\CC=CC1=O. The molecule has 0 atom stereocenters. The minimum Gasteiger partial charge on any atom is -0.290 e. The molecule has 0 unspecified atom stereocenters. The Morgan fingerprint density at radius 2 is 2.00 bits per heavy atom. The number of rotatable bonds is 7. The highest BCUT2D eigenvalue weighted by Crippen LogP contribution is 2.14. The van der Waals surface area contributed by atoms with Gasteiger partial charge in [-0.05, 0) is 50.2 Å². The number of unbranched alkanes of at least 4 members (excludes halogenated alkanes) is 2. The first-order chi connectivity index (χ1) is 8.34. The summed E-state index contributed by atoms with van der Waals surface area (Å²) in [6, 6.07) is 0. The quantitative estimate of drug-likeness (QED) is 0.357. The van der Waals surface area contributed by atoms with Crippen LogP contribution in [0.2, 0.25) is 0 Å². The molecule has 0 saturated heterocycles. The molecule has 0 bridgehead atoms. The zero-order chi connectivity index (χ0) is 12.3. The summed E-state index contributed by atoms with van der Waals surface area (Å²) in [5.41, 5.74) is 0.972. The van der Waals surface area contributed by atoms with E-state index in [2.05, 4.69) is 37.3 Å². The Labute approximate surface area is 105 Å². The summed E-state index contributed by atoms with van der Waals surface area (Å²) in [5.74, 6) is 0.199. The Kier molecular flexibility index (Phi) is 7.04. The van der Waals surface area contributed by atoms with Gasteiger partial charge in [-0.2, -0.15) is 0 Å². The summed E-state index contributed by atoms with van der Waals surface area (Å²) >= 11 is 0. The average molecular weight is 230 g/mol. The number of hydrogen-bond acceptors (Lipinski definition) is 1. The van der Waals surface area contributed by atoms with E-state index in [9.17, 15) is 4.79 Å². The Bertz CT molecular complexity index is 343. The maximum atomic E-state index is 11.3. The highest BCUT2D eigenvalue weighted by Gasteiger charge is 2.08. The van der Waals surface area contributed by atoms with E-state index in [0.717, 1.165) is 44.1 Å². The molecule has 1 aliphatic carbocycles. The summed E-state index contributed by atoms with van der Waals surface area (Å²) < 4.78 is 0. The molecule has 1 aliphatic rings. The van der Waals surface area contributed by atoms with Crippen LogP contribution in [-0.4, -0.2) is 5.78 Å². The second-order valence-electron chi connectivity index (χ2n) is 4.22. The molecule has 1 nitrogen and oxygen atoms in total. The molecule has 0 aromatic carbocycles. The monoisotopic (exact) mass is 230 g/mol. The van der Waals surface area contributed by atoms with Gasteiger partial charge in [0.25, 0.3) is 0 Å². The summed E-state index contributed by atoms with van der Waals surface area (Å²) in [4.78, 5) is 11.3. The number of ketones is 1. The molecule has 0 saturated carbocycles. The van der Waals surface area contributed by atoms with Gasteiger partial charge in [0.1, 0.15) is 0 Å². The van der Waals surface area contributed by atoms with E-state index in [4.69, 9.17) is 0 Å². The van der Waals surface area contributed by atoms with Crippen molar-refractivity contribution in [2.75, 3.05) is 0 Å². The molecule has 0 aromatic rings. The van der Waals surface area contributed by atoms with Crippen molar-refractivity contribution in [3.05, 3.63) is 48.1 Å². The number of hydrogen-bond donors (Lipinski definition) is 0. The lowest BCUT2D eigenvalue weighted by Crippen LogP contribution is -1.90. The van der Waals surface area contributed by atoms with E-state index in [0.29, 0.717) is 0 Å². The normalized spacial score (nSPS) is 18.2. The zero-order valence-electron chi connectivity index (χ0n) is 10.7. The molecular formula is C16H22O. The van der Waals surface area contributed by atoms with Crippen LogP contribution in [0.25, 0.3) is 0 Å². The minimum atomic E-state index is 0.199. The largest absolute Gasteiger partial charge is 0.290 e. The first-order valence-electron chi connectivity index (χ1n) is 6.54. The summed E-state index contributed by atoms with van der Waals surface area (Å²) in [5, 5.41) is 0. The maximum Gasteiger partial charge on any atom is 0.181 e. The lowest BCUT2D eigenvalue weighted by molar-refractivity contribution is -0.111. The smallest absolute Gasteiger partial charge is 0.181 e. The zero-order valence-corrected chi connectivity index (χ0v) is 10.7. The van der Waals surface area contributed by atoms with Crippen molar-refractivity contribution >= 4 is 5.78 Å². The van der Waals surface area contributed by atoms with Crippen molar-refractivity contribution < 1.29 is 4.79 Å². The Morgan fingerprint density at radius 3 is 2.71 bits per heavy atom. The van der Waals surface area contributed by atoms with E-state index >= 15 is 0 Å². The number of carbonyl (C=O) groups excluding carboxylic acids is 1. The van der Waals surface area contributed by atoms with E-state index in [-0.39, 0.29) is 5.78 Å². The van der Waals surface area contributed by atoms with Gasteiger partial charge in [-0.1, -0.05) is 43.4 Å². The van der Waals surface area contributed by atoms with Crippen LogP contribution in [0.4, 0.5) is 0 Å². The lowest BCUT2D eigenvalue weighted by Gasteiger charge is -1.94. The van der Waals surface area contributed by atoms with Gasteiger partial charge in [0.2, 0.25) is 0 Å². The van der Waals surface area contributed by atoms with E-state index in [1.54, 1.807) is 6.08 Å². The van der Waals surface area contributed by atoms with Gasteiger partial charge in [0, 0.05) is 0 Å². The fraction of sp³-hybridized carbons (Fsp3) is 0.438. The molecule has 1 heteroatoms. The molecule has 0 spiro atoms. The third kappa shape index (κ3) is 6.06. The number of carbonyl (C=O) groups is 1. The first kappa shape index (κ1) is 13.7. The van der Waals surface area contributed by atoms with Crippen LogP contribution < -0.4 is 0 Å². The van der Waals surface area contributed by atoms with Crippen LogP contribution in [0.5, 0.6) is 0 Å². The molecule has 92 valence electrons. The molecule has 17 heavy (non-hydrogen) atoms. The van der Waals surface area contributed by atoms with Gasteiger partial charge < -0.3 is 0 Å². The van der Waals surface area contributed by atoms with Crippen LogP contribution in [0.1, 0.15) is 45.4 Å². The second-order valence-corrected chi connectivity index (χ2v) is 4.22. The molecule has 0 aliphatic heterocycles. The standard InChI is InChI=1S/C16H22O/c1-2-3-4-5-6-7-8-9-10-12-15-13-11-14-16(15)17/h3-4,6-7,11-12,14H,2,5,8-10,13H2,1H3/b4-3-,7-6-,15-12+. The molecule has 0 fully saturated rings. The minimum absolute atomic E-state index is 0.199. The summed E-state index contributed by atoms with van der Waals surface area (Å²) in [7, 11) is 0. The van der Waals surface area contributed by atoms with Gasteiger partial charge in [-0.3, -0.25) is 4.79 Å². The van der Waals surface area contributed by atoms with Gasteiger partial charge in [0.15, 0.2) is 5.78 Å². The highest BCUT2D eigenvalue weighted by molar-refractivity contribution is 6.06. The average Bonchev–Trinajstić information content (AvgIpc) is 2.73. The molecule has 0 heterocycles. The van der Waals surface area contributed by atoms with E-state index < -0.39 is 0 Å². The van der Waals surface area contributed by atoms with Gasteiger partial charge in [-0.25, -0.2) is 0 Å². The maximum absolute atomic E-state index is 11.3. The van der Waals surface area contributed by atoms with E-state index in [1.807, 2.05) is 6.08 Å². The molecular weight excluding hydrogens is 208 g/mol. The molecule has 0 aromatic heterocycles. The van der Waals surface area contributed by atoms with Gasteiger partial charge in [0.05, 0.1) is 0 Å². The molecule has 0 amide bonds. The summed E-state index contributed by atoms with van der Waals surface area (Å²) in [6.07, 6.45) is 20.8. The van der Waals surface area contributed by atoms with Crippen molar-refractivity contribution in [2.24, 2.45) is 0 Å². The first-order valence-corrected chi connectivity index (χ1v) is 6.54. The Hall–Kier alpha value is -1.37. The fourth-order valence-corrected chi connectivity index (χ4v) is 1.75. The van der Waals surface area contributed by atoms with Crippen LogP contribution in [0, 0.1) is 0 Å². The van der Waals surface area contributed by atoms with Crippen LogP contribution in [0.3, 0.4) is 0 Å². The van der Waals surface area contributed by atoms with Crippen LogP contribution in [-0.2, 0) is 4.79 Å². The van der Waals surface area contributed by atoms with Gasteiger partial charge in [-0.15, -0.1) is 0 Å². The Balaban J connectivity index is 2.05. The number of allylic oxidation sites excluding steroid dienone is 8. The van der Waals surface area contributed by atoms with Crippen molar-refractivity contribution in [1.29, 1.82) is 0 Å². The third-order valence-electron chi connectivity index (χ3n) is 2.73. The third-order valence-corrected chi connectivity index (χ3v) is 2.73. The van der Waals surface area contributed by atoms with E-state index in [1.165, 1.54) is 0 Å². The van der Waals surface area contributed by atoms with Crippen molar-refractivity contribution in [2.45, 2.75) is 45.4 Å². The predicted molar refractivity (Wildman–Crippen MR) is 73.9 cm³/mol. The topological polar surface area (TPSA) is 17.1 Å². The highest BCUT2D eigenvalue weighted by atomic mass is 16.1. The molecule has 0 radical (unpaired) electrons. The Morgan fingerprint density at radius 1 is 1.18 bits per heavy atom. The van der Waals surface area contributed by atoms with Crippen molar-refractivity contribution in [3.63, 3.8) is 0 Å². The van der Waals surface area contributed by atoms with Crippen LogP contribution in [0.15, 0.2) is 48.1 Å². The van der Waals surface area contributed by atoms with Crippen molar-refractivity contribution in [1.82, 2.24) is 0 Å². The second kappa shape index (κ2) is 8.74.